The first-order chi connectivity index (χ1) is 9.13. The van der Waals surface area contributed by atoms with Crippen LogP contribution in [0, 0.1) is 5.92 Å². The number of aromatic carboxylic acids is 1. The van der Waals surface area contributed by atoms with Crippen LogP contribution in [0.25, 0.3) is 11.5 Å². The van der Waals surface area contributed by atoms with Gasteiger partial charge in [0.15, 0.2) is 5.76 Å². The number of hydrogen-bond donors (Lipinski definition) is 1. The maximum absolute atomic E-state index is 10.8. The molecule has 1 saturated carbocycles. The molecule has 0 bridgehead atoms. The molecule has 0 aromatic carbocycles. The van der Waals surface area contributed by atoms with Crippen molar-refractivity contribution in [3.8, 4) is 11.5 Å². The van der Waals surface area contributed by atoms with Crippen molar-refractivity contribution in [2.45, 2.75) is 32.1 Å². The Bertz CT molecular complexity index is 601. The van der Waals surface area contributed by atoms with Crippen molar-refractivity contribution in [1.82, 2.24) is 4.98 Å². The first-order valence-electron chi connectivity index (χ1n) is 6.41. The second-order valence-electron chi connectivity index (χ2n) is 5.19. The lowest BCUT2D eigenvalue weighted by Gasteiger charge is -2.03. The largest absolute Gasteiger partial charge is 0.478 e. The summed E-state index contributed by atoms with van der Waals surface area (Å²) in [7, 11) is 0. The molecule has 0 aliphatic heterocycles. The number of aromatic nitrogens is 1. The van der Waals surface area contributed by atoms with Crippen LogP contribution < -0.4 is 0 Å². The van der Waals surface area contributed by atoms with Crippen LogP contribution in [0.3, 0.4) is 0 Å². The van der Waals surface area contributed by atoms with Crippen LogP contribution in [0.1, 0.15) is 47.5 Å². The van der Waals surface area contributed by atoms with Gasteiger partial charge >= 0.3 is 5.97 Å². The summed E-state index contributed by atoms with van der Waals surface area (Å²) in [6.07, 6.45) is 4.93. The van der Waals surface area contributed by atoms with Crippen molar-refractivity contribution in [1.29, 1.82) is 0 Å². The molecule has 3 rings (SSSR count). The van der Waals surface area contributed by atoms with Crippen molar-refractivity contribution in [2.24, 2.45) is 5.92 Å². The van der Waals surface area contributed by atoms with E-state index in [4.69, 9.17) is 9.52 Å². The average Bonchev–Trinajstić information content (AvgIpc) is 3.07. The fraction of sp³-hybridized carbons (Fsp3) is 0.429. The van der Waals surface area contributed by atoms with Gasteiger partial charge in [0.05, 0.1) is 10.6 Å². The van der Waals surface area contributed by atoms with E-state index in [0.29, 0.717) is 11.7 Å². The molecule has 100 valence electrons. The van der Waals surface area contributed by atoms with Crippen LogP contribution in [0.2, 0.25) is 0 Å². The highest BCUT2D eigenvalue weighted by atomic mass is 32.1. The zero-order chi connectivity index (χ0) is 13.4. The summed E-state index contributed by atoms with van der Waals surface area (Å²) in [6, 6.07) is 1.53. The molecule has 1 aliphatic rings. The smallest absolute Gasteiger partial charge is 0.338 e. The molecule has 2 aromatic rings. The summed E-state index contributed by atoms with van der Waals surface area (Å²) in [6.45, 7) is 2.28. The minimum atomic E-state index is -0.977. The Hall–Kier alpha value is -1.62. The van der Waals surface area contributed by atoms with Crippen molar-refractivity contribution in [2.75, 3.05) is 0 Å². The van der Waals surface area contributed by atoms with Crippen molar-refractivity contribution >= 4 is 17.3 Å². The van der Waals surface area contributed by atoms with E-state index >= 15 is 0 Å². The molecule has 2 unspecified atom stereocenters. The predicted molar refractivity (Wildman–Crippen MR) is 72.5 cm³/mol. The molecule has 0 amide bonds. The minimum Gasteiger partial charge on any atom is -0.478 e. The highest BCUT2D eigenvalue weighted by Gasteiger charge is 2.25. The summed E-state index contributed by atoms with van der Waals surface area (Å²) in [5.74, 6) is 0.892. The summed E-state index contributed by atoms with van der Waals surface area (Å²) in [5.41, 5.74) is 0.908. The van der Waals surface area contributed by atoms with Gasteiger partial charge in [-0.3, -0.25) is 0 Å². The lowest BCUT2D eigenvalue weighted by atomic mass is 10.1. The van der Waals surface area contributed by atoms with Gasteiger partial charge in [0, 0.05) is 17.4 Å². The van der Waals surface area contributed by atoms with E-state index in [2.05, 4.69) is 11.9 Å². The van der Waals surface area contributed by atoms with E-state index in [-0.39, 0.29) is 5.56 Å². The van der Waals surface area contributed by atoms with Gasteiger partial charge in [0.25, 0.3) is 0 Å². The van der Waals surface area contributed by atoms with Gasteiger partial charge in [-0.2, -0.15) is 0 Å². The Kier molecular flexibility index (Phi) is 3.14. The first kappa shape index (κ1) is 12.4. The highest BCUT2D eigenvalue weighted by molar-refractivity contribution is 7.10. The predicted octanol–water partition coefficient (Wildman–Crippen LogP) is 4.00. The molecule has 2 heterocycles. The Morgan fingerprint density at radius 3 is 3.00 bits per heavy atom. The van der Waals surface area contributed by atoms with Crippen LogP contribution in [-0.2, 0) is 0 Å². The third-order valence-corrected chi connectivity index (χ3v) is 4.67. The quantitative estimate of drug-likeness (QED) is 0.920. The van der Waals surface area contributed by atoms with E-state index < -0.39 is 5.97 Å². The standard InChI is InChI=1S/C14H15NO3S/c1-8-2-3-9(4-8)13-15-11(7-19-13)12-5-10(6-18-12)14(16)17/h5-9H,2-4H2,1H3,(H,16,17). The van der Waals surface area contributed by atoms with Crippen LogP contribution >= 0.6 is 11.3 Å². The Morgan fingerprint density at radius 2 is 2.37 bits per heavy atom. The Labute approximate surface area is 115 Å². The molecule has 1 N–H and O–H groups in total. The van der Waals surface area contributed by atoms with Crippen LogP contribution in [-0.4, -0.2) is 16.1 Å². The maximum Gasteiger partial charge on any atom is 0.338 e. The number of rotatable bonds is 3. The number of carboxylic acid groups (broad SMARTS) is 1. The van der Waals surface area contributed by atoms with Crippen LogP contribution in [0.5, 0.6) is 0 Å². The average molecular weight is 277 g/mol. The summed E-state index contributed by atoms with van der Waals surface area (Å²) in [5, 5.41) is 12.0. The molecular weight excluding hydrogens is 262 g/mol. The zero-order valence-corrected chi connectivity index (χ0v) is 11.4. The van der Waals surface area contributed by atoms with Crippen molar-refractivity contribution < 1.29 is 14.3 Å². The lowest BCUT2D eigenvalue weighted by Crippen LogP contribution is -1.93. The van der Waals surface area contributed by atoms with E-state index in [0.717, 1.165) is 16.6 Å². The zero-order valence-electron chi connectivity index (χ0n) is 10.6. The molecule has 19 heavy (non-hydrogen) atoms. The summed E-state index contributed by atoms with van der Waals surface area (Å²) < 4.78 is 5.27. The molecule has 1 aliphatic carbocycles. The van der Waals surface area contributed by atoms with E-state index in [1.165, 1.54) is 31.6 Å². The van der Waals surface area contributed by atoms with Gasteiger partial charge in [-0.15, -0.1) is 11.3 Å². The Balaban J connectivity index is 1.82. The maximum atomic E-state index is 10.8. The molecule has 0 saturated heterocycles. The van der Waals surface area contributed by atoms with E-state index in [1.807, 2.05) is 5.38 Å². The number of thiazole rings is 1. The number of hydrogen-bond acceptors (Lipinski definition) is 4. The molecule has 0 spiro atoms. The molecule has 1 fully saturated rings. The van der Waals surface area contributed by atoms with Crippen LogP contribution in [0.15, 0.2) is 22.1 Å². The third kappa shape index (κ3) is 2.42. The van der Waals surface area contributed by atoms with Crippen LogP contribution in [0.4, 0.5) is 0 Å². The number of carboxylic acids is 1. The second-order valence-corrected chi connectivity index (χ2v) is 6.08. The van der Waals surface area contributed by atoms with Gasteiger partial charge in [-0.1, -0.05) is 13.3 Å². The number of furan rings is 1. The summed E-state index contributed by atoms with van der Waals surface area (Å²) >= 11 is 1.64. The fourth-order valence-electron chi connectivity index (χ4n) is 2.60. The fourth-order valence-corrected chi connectivity index (χ4v) is 3.56. The first-order valence-corrected chi connectivity index (χ1v) is 7.29. The third-order valence-electron chi connectivity index (χ3n) is 3.66. The van der Waals surface area contributed by atoms with Crippen molar-refractivity contribution in [3.05, 3.63) is 28.3 Å². The topological polar surface area (TPSA) is 63.3 Å². The number of nitrogens with zero attached hydrogens (tertiary/aromatic N) is 1. The van der Waals surface area contributed by atoms with Crippen molar-refractivity contribution in [3.63, 3.8) is 0 Å². The number of carbonyl (C=O) groups is 1. The molecule has 5 heteroatoms. The van der Waals surface area contributed by atoms with Gasteiger partial charge < -0.3 is 9.52 Å². The van der Waals surface area contributed by atoms with Gasteiger partial charge in [-0.25, -0.2) is 9.78 Å². The second kappa shape index (κ2) is 4.81. The molecule has 4 nitrogen and oxygen atoms in total. The molecule has 2 atom stereocenters. The molecule has 0 radical (unpaired) electrons. The minimum absolute atomic E-state index is 0.166. The van der Waals surface area contributed by atoms with Gasteiger partial charge in [0.2, 0.25) is 0 Å². The summed E-state index contributed by atoms with van der Waals surface area (Å²) in [4.78, 5) is 15.4. The molecule has 2 aromatic heterocycles. The normalized spacial score (nSPS) is 22.8. The SMILES string of the molecule is CC1CCC(c2nc(-c3cc(C(=O)O)co3)cs2)C1. The lowest BCUT2D eigenvalue weighted by molar-refractivity contribution is 0.0696. The monoisotopic (exact) mass is 277 g/mol. The Morgan fingerprint density at radius 1 is 1.53 bits per heavy atom. The van der Waals surface area contributed by atoms with Gasteiger partial charge in [-0.05, 0) is 18.8 Å². The highest BCUT2D eigenvalue weighted by Crippen LogP contribution is 2.40. The van der Waals surface area contributed by atoms with E-state index in [1.54, 1.807) is 11.3 Å². The van der Waals surface area contributed by atoms with E-state index in [9.17, 15) is 4.79 Å². The molecular formula is C14H15NO3S. The van der Waals surface area contributed by atoms with Gasteiger partial charge in [0.1, 0.15) is 12.0 Å².